The van der Waals surface area contributed by atoms with E-state index >= 15 is 0 Å². The van der Waals surface area contributed by atoms with Gasteiger partial charge in [0.1, 0.15) is 12.1 Å². The first-order valence-electron chi connectivity index (χ1n) is 6.85. The Morgan fingerprint density at radius 2 is 1.23 bits per heavy atom. The third kappa shape index (κ3) is 3.24. The highest BCUT2D eigenvalue weighted by Gasteiger charge is 2.32. The molecule has 4 N–H and O–H groups in total. The molecule has 6 nitrogen and oxygen atoms in total. The van der Waals surface area contributed by atoms with Gasteiger partial charge < -0.3 is 10.2 Å². The van der Waals surface area contributed by atoms with Crippen molar-refractivity contribution in [1.82, 2.24) is 10.6 Å². The van der Waals surface area contributed by atoms with Crippen LogP contribution < -0.4 is 10.6 Å². The number of carboxylic acids is 2. The summed E-state index contributed by atoms with van der Waals surface area (Å²) in [5.74, 6) is -0.528. The first-order chi connectivity index (χ1) is 10.5. The van der Waals surface area contributed by atoms with Crippen LogP contribution in [0.15, 0.2) is 24.3 Å². The molecule has 0 saturated carbocycles. The van der Waals surface area contributed by atoms with Gasteiger partial charge in [0, 0.05) is 11.5 Å². The number of rotatable bonds is 4. The summed E-state index contributed by atoms with van der Waals surface area (Å²) in [5, 5.41) is 24.1. The number of hydrogen-bond acceptors (Lipinski definition) is 6. The van der Waals surface area contributed by atoms with Crippen molar-refractivity contribution in [2.75, 3.05) is 11.5 Å². The van der Waals surface area contributed by atoms with E-state index in [1.807, 2.05) is 24.3 Å². The summed E-state index contributed by atoms with van der Waals surface area (Å²) in [7, 11) is 0. The SMILES string of the molecule is O=C(O)[C@@H]1CS[C@H](c2ccc([C@H]3N[C@@H](C(=O)O)CS3)cc2)N1. The lowest BCUT2D eigenvalue weighted by Gasteiger charge is -2.15. The second kappa shape index (κ2) is 6.49. The molecule has 2 aliphatic rings. The Morgan fingerprint density at radius 1 is 0.864 bits per heavy atom. The average Bonchev–Trinajstić information content (AvgIpc) is 3.17. The van der Waals surface area contributed by atoms with Crippen LogP contribution in [0.5, 0.6) is 0 Å². The molecule has 0 aliphatic carbocycles. The van der Waals surface area contributed by atoms with Crippen LogP contribution in [0.2, 0.25) is 0 Å². The summed E-state index contributed by atoms with van der Waals surface area (Å²) in [5.41, 5.74) is 2.07. The predicted molar refractivity (Wildman–Crippen MR) is 86.0 cm³/mol. The number of carboxylic acid groups (broad SMARTS) is 2. The molecular formula is C14H16N2O4S2. The minimum atomic E-state index is -0.821. The molecule has 0 radical (unpaired) electrons. The zero-order chi connectivity index (χ0) is 15.7. The van der Waals surface area contributed by atoms with Crippen molar-refractivity contribution < 1.29 is 19.8 Å². The van der Waals surface area contributed by atoms with Gasteiger partial charge in [0.25, 0.3) is 0 Å². The number of nitrogens with one attached hydrogen (secondary N) is 2. The van der Waals surface area contributed by atoms with Gasteiger partial charge in [0.2, 0.25) is 0 Å². The van der Waals surface area contributed by atoms with Gasteiger partial charge in [-0.1, -0.05) is 24.3 Å². The van der Waals surface area contributed by atoms with E-state index in [1.165, 1.54) is 0 Å². The number of carbonyl (C=O) groups is 2. The molecule has 2 fully saturated rings. The van der Waals surface area contributed by atoms with Crippen molar-refractivity contribution in [1.29, 1.82) is 0 Å². The van der Waals surface area contributed by atoms with Crippen molar-refractivity contribution in [2.45, 2.75) is 22.8 Å². The fourth-order valence-electron chi connectivity index (χ4n) is 2.46. The normalized spacial score (nSPS) is 31.3. The molecule has 0 amide bonds. The molecule has 0 bridgehead atoms. The molecule has 2 saturated heterocycles. The fourth-order valence-corrected chi connectivity index (χ4v) is 4.93. The monoisotopic (exact) mass is 340 g/mol. The molecule has 3 rings (SSSR count). The zero-order valence-electron chi connectivity index (χ0n) is 11.6. The van der Waals surface area contributed by atoms with Gasteiger partial charge in [-0.25, -0.2) is 0 Å². The van der Waals surface area contributed by atoms with E-state index in [4.69, 9.17) is 10.2 Å². The zero-order valence-corrected chi connectivity index (χ0v) is 13.2. The average molecular weight is 340 g/mol. The third-order valence-corrected chi connectivity index (χ3v) is 6.24. The maximum absolute atomic E-state index is 11.0. The Hall–Kier alpha value is -1.22. The maximum atomic E-state index is 11.0. The molecular weight excluding hydrogens is 324 g/mol. The minimum absolute atomic E-state index is 0.00823. The molecule has 2 heterocycles. The molecule has 0 spiro atoms. The van der Waals surface area contributed by atoms with Crippen LogP contribution in [0.1, 0.15) is 21.9 Å². The number of thioether (sulfide) groups is 2. The largest absolute Gasteiger partial charge is 0.480 e. The van der Waals surface area contributed by atoms with Crippen molar-refractivity contribution in [3.8, 4) is 0 Å². The lowest BCUT2D eigenvalue weighted by Crippen LogP contribution is -2.34. The van der Waals surface area contributed by atoms with Crippen molar-refractivity contribution in [3.63, 3.8) is 0 Å². The first kappa shape index (κ1) is 15.7. The molecule has 1 aromatic carbocycles. The summed E-state index contributed by atoms with van der Waals surface area (Å²) in [4.78, 5) is 21.9. The Balaban J connectivity index is 1.64. The number of aliphatic carboxylic acids is 2. The van der Waals surface area contributed by atoms with Crippen molar-refractivity contribution >= 4 is 35.5 Å². The second-order valence-electron chi connectivity index (χ2n) is 5.21. The first-order valence-corrected chi connectivity index (χ1v) is 8.95. The van der Waals surface area contributed by atoms with E-state index in [-0.39, 0.29) is 10.7 Å². The number of hydrogen-bond donors (Lipinski definition) is 4. The highest BCUT2D eigenvalue weighted by atomic mass is 32.2. The van der Waals surface area contributed by atoms with Gasteiger partial charge in [-0.2, -0.15) is 0 Å². The highest BCUT2D eigenvalue weighted by Crippen LogP contribution is 2.36. The molecule has 8 heteroatoms. The van der Waals surface area contributed by atoms with Crippen LogP contribution in [0.3, 0.4) is 0 Å². The maximum Gasteiger partial charge on any atom is 0.321 e. The van der Waals surface area contributed by atoms with E-state index in [9.17, 15) is 9.59 Å². The van der Waals surface area contributed by atoms with Gasteiger partial charge in [0.15, 0.2) is 0 Å². The summed E-state index contributed by atoms with van der Waals surface area (Å²) >= 11 is 3.17. The fraction of sp³-hybridized carbons (Fsp3) is 0.429. The van der Waals surface area contributed by atoms with Crippen molar-refractivity contribution in [2.24, 2.45) is 0 Å². The highest BCUT2D eigenvalue weighted by molar-refractivity contribution is 8.00. The topological polar surface area (TPSA) is 98.7 Å². The van der Waals surface area contributed by atoms with Crippen LogP contribution >= 0.6 is 23.5 Å². The molecule has 4 atom stereocenters. The van der Waals surface area contributed by atoms with E-state index in [0.717, 1.165) is 11.1 Å². The minimum Gasteiger partial charge on any atom is -0.480 e. The summed E-state index contributed by atoms with van der Waals surface area (Å²) in [6.07, 6.45) is 0. The van der Waals surface area contributed by atoms with Crippen LogP contribution in [0, 0.1) is 0 Å². The quantitative estimate of drug-likeness (QED) is 0.650. The van der Waals surface area contributed by atoms with Crippen LogP contribution in [0.4, 0.5) is 0 Å². The van der Waals surface area contributed by atoms with E-state index in [0.29, 0.717) is 11.5 Å². The molecule has 22 heavy (non-hydrogen) atoms. The lowest BCUT2D eigenvalue weighted by atomic mass is 10.1. The Bertz CT molecular complexity index is 530. The van der Waals surface area contributed by atoms with Gasteiger partial charge >= 0.3 is 11.9 Å². The van der Waals surface area contributed by atoms with Crippen LogP contribution in [-0.2, 0) is 9.59 Å². The molecule has 1 aromatic rings. The van der Waals surface area contributed by atoms with Crippen LogP contribution in [0.25, 0.3) is 0 Å². The Labute approximate surface area is 136 Å². The van der Waals surface area contributed by atoms with Crippen LogP contribution in [-0.4, -0.2) is 45.7 Å². The second-order valence-corrected chi connectivity index (χ2v) is 7.48. The lowest BCUT2D eigenvalue weighted by molar-refractivity contribution is -0.139. The summed E-state index contributed by atoms with van der Waals surface area (Å²) in [6, 6.07) is 6.89. The predicted octanol–water partition coefficient (Wildman–Crippen LogP) is 1.26. The van der Waals surface area contributed by atoms with Crippen molar-refractivity contribution in [3.05, 3.63) is 35.4 Å². The van der Waals surface area contributed by atoms with Gasteiger partial charge in [0.05, 0.1) is 10.7 Å². The van der Waals surface area contributed by atoms with E-state index in [1.54, 1.807) is 23.5 Å². The number of benzene rings is 1. The summed E-state index contributed by atoms with van der Waals surface area (Å²) in [6.45, 7) is 0. The molecule has 2 aliphatic heterocycles. The van der Waals surface area contributed by atoms with Gasteiger partial charge in [-0.3, -0.25) is 20.2 Å². The Morgan fingerprint density at radius 3 is 1.50 bits per heavy atom. The van der Waals surface area contributed by atoms with Gasteiger partial charge in [-0.15, -0.1) is 23.5 Å². The van der Waals surface area contributed by atoms with Gasteiger partial charge in [-0.05, 0) is 11.1 Å². The standard InChI is InChI=1S/C14H16N2O4S2/c17-13(18)9-5-21-11(15-9)7-1-2-8(4-3-7)12-16-10(6-22-12)14(19)20/h1-4,9-12,15-16H,5-6H2,(H,17,18)(H,19,20)/t9-,10+,11+,12-. The van der Waals surface area contributed by atoms with E-state index in [2.05, 4.69) is 10.6 Å². The summed E-state index contributed by atoms with van der Waals surface area (Å²) < 4.78 is 0. The molecule has 118 valence electrons. The van der Waals surface area contributed by atoms with E-state index < -0.39 is 24.0 Å². The molecule has 0 aromatic heterocycles. The smallest absolute Gasteiger partial charge is 0.321 e. The molecule has 0 unspecified atom stereocenters. The Kier molecular flexibility index (Phi) is 4.62. The third-order valence-electron chi connectivity index (χ3n) is 3.70.